The molecule has 4 heterocycles. The number of halogens is 2. The Morgan fingerprint density at radius 2 is 2.15 bits per heavy atom. The Labute approximate surface area is 172 Å². The maximum atomic E-state index is 12.7. The predicted molar refractivity (Wildman–Crippen MR) is 109 cm³/mol. The third-order valence-corrected chi connectivity index (χ3v) is 7.15. The number of sulfonamides is 1. The van der Waals surface area contributed by atoms with Crippen molar-refractivity contribution in [1.29, 1.82) is 0 Å². The van der Waals surface area contributed by atoms with Gasteiger partial charge in [0.15, 0.2) is 11.0 Å². The molecule has 0 unspecified atom stereocenters. The highest BCUT2D eigenvalue weighted by atomic mass is 35.5. The van der Waals surface area contributed by atoms with Gasteiger partial charge in [0.1, 0.15) is 4.34 Å². The van der Waals surface area contributed by atoms with Crippen LogP contribution in [0.5, 0.6) is 0 Å². The monoisotopic (exact) mass is 460 g/mol. The summed E-state index contributed by atoms with van der Waals surface area (Å²) in [6.07, 6.45) is 4.88. The van der Waals surface area contributed by atoms with Crippen LogP contribution in [0.4, 0.5) is 5.13 Å². The number of anilines is 1. The molecule has 140 valence electrons. The first-order chi connectivity index (χ1) is 12.8. The molecule has 1 amide bonds. The highest BCUT2D eigenvalue weighted by molar-refractivity contribution is 7.90. The highest BCUT2D eigenvalue weighted by Gasteiger charge is 2.30. The number of thiazole rings is 1. The van der Waals surface area contributed by atoms with Gasteiger partial charge in [-0.2, -0.15) is 0 Å². The van der Waals surface area contributed by atoms with E-state index in [0.29, 0.717) is 25.1 Å². The first-order valence-electron chi connectivity index (χ1n) is 7.52. The molecule has 0 atom stereocenters. The summed E-state index contributed by atoms with van der Waals surface area (Å²) in [4.78, 5) is 18.6. The van der Waals surface area contributed by atoms with Gasteiger partial charge in [0.05, 0.1) is 21.4 Å². The SMILES string of the molecule is O=C(Nc1nc(-c2cc(Cl)sc2Cl)cs1)C1=CC=CN2CCS(=O)(=O)N=C12. The van der Waals surface area contributed by atoms with Crippen molar-refractivity contribution in [1.82, 2.24) is 9.88 Å². The van der Waals surface area contributed by atoms with Crippen molar-refractivity contribution in [2.75, 3.05) is 17.6 Å². The largest absolute Gasteiger partial charge is 0.331 e. The van der Waals surface area contributed by atoms with Crippen molar-refractivity contribution >= 4 is 72.8 Å². The lowest BCUT2D eigenvalue weighted by Gasteiger charge is -2.28. The molecule has 12 heteroatoms. The summed E-state index contributed by atoms with van der Waals surface area (Å²) in [6, 6.07) is 1.71. The number of aromatic nitrogens is 1. The van der Waals surface area contributed by atoms with E-state index in [1.807, 2.05) is 0 Å². The number of allylic oxidation sites excluding steroid dienone is 2. The molecule has 27 heavy (non-hydrogen) atoms. The Morgan fingerprint density at radius 1 is 1.33 bits per heavy atom. The van der Waals surface area contributed by atoms with Crippen molar-refractivity contribution in [3.63, 3.8) is 0 Å². The van der Waals surface area contributed by atoms with Crippen molar-refractivity contribution in [3.8, 4) is 11.3 Å². The second-order valence-corrected chi connectivity index (χ2v) is 10.4. The summed E-state index contributed by atoms with van der Waals surface area (Å²) >= 11 is 14.6. The maximum absolute atomic E-state index is 12.7. The highest BCUT2D eigenvalue weighted by Crippen LogP contribution is 2.39. The summed E-state index contributed by atoms with van der Waals surface area (Å²) in [5.41, 5.74) is 1.45. The van der Waals surface area contributed by atoms with Crippen LogP contribution >= 0.6 is 45.9 Å². The molecule has 0 saturated carbocycles. The predicted octanol–water partition coefficient (Wildman–Crippen LogP) is 3.61. The molecule has 2 aliphatic rings. The molecule has 1 N–H and O–H groups in total. The second kappa shape index (κ2) is 7.02. The Bertz CT molecular complexity index is 1130. The quantitative estimate of drug-likeness (QED) is 0.754. The van der Waals surface area contributed by atoms with Crippen molar-refractivity contribution in [2.45, 2.75) is 0 Å². The standard InChI is InChI=1S/C15H10Cl2N4O3S3/c16-11-6-9(12(17)26-11)10-7-25-15(18-10)19-14(22)8-2-1-3-21-4-5-27(23,24)20-13(8)21/h1-3,6-7H,4-5H2,(H,18,19,22). The molecule has 2 aromatic rings. The Morgan fingerprint density at radius 3 is 2.89 bits per heavy atom. The van der Waals surface area contributed by atoms with E-state index >= 15 is 0 Å². The molecule has 0 aromatic carbocycles. The van der Waals surface area contributed by atoms with Gasteiger partial charge in [-0.3, -0.25) is 10.1 Å². The van der Waals surface area contributed by atoms with Crippen molar-refractivity contribution in [3.05, 3.63) is 44.0 Å². The van der Waals surface area contributed by atoms with Crippen LogP contribution in [0.1, 0.15) is 0 Å². The number of amidine groups is 1. The number of amides is 1. The average molecular weight is 461 g/mol. The summed E-state index contributed by atoms with van der Waals surface area (Å²) in [6.45, 7) is 0.251. The van der Waals surface area contributed by atoms with E-state index < -0.39 is 15.9 Å². The van der Waals surface area contributed by atoms with Crippen LogP contribution in [0.3, 0.4) is 0 Å². The number of rotatable bonds is 3. The zero-order chi connectivity index (χ0) is 19.2. The van der Waals surface area contributed by atoms with Crippen LogP contribution in [0, 0.1) is 0 Å². The van der Waals surface area contributed by atoms with Gasteiger partial charge < -0.3 is 4.90 Å². The van der Waals surface area contributed by atoms with E-state index in [-0.39, 0.29) is 23.7 Å². The molecule has 0 saturated heterocycles. The number of carbonyl (C=O) groups is 1. The fraction of sp³-hybridized carbons (Fsp3) is 0.133. The van der Waals surface area contributed by atoms with Gasteiger partial charge in [-0.05, 0) is 18.2 Å². The molecule has 2 aliphatic heterocycles. The minimum absolute atomic E-state index is 0.0878. The van der Waals surface area contributed by atoms with Crippen LogP contribution in [-0.2, 0) is 14.8 Å². The van der Waals surface area contributed by atoms with Crippen LogP contribution in [-0.4, -0.2) is 42.3 Å². The van der Waals surface area contributed by atoms with Gasteiger partial charge in [0, 0.05) is 23.7 Å². The van der Waals surface area contributed by atoms with E-state index in [2.05, 4.69) is 14.7 Å². The molecule has 2 aromatic heterocycles. The molecule has 0 radical (unpaired) electrons. The van der Waals surface area contributed by atoms with Crippen LogP contribution < -0.4 is 5.32 Å². The number of nitrogens with zero attached hydrogens (tertiary/aromatic N) is 3. The van der Waals surface area contributed by atoms with Crippen LogP contribution in [0.2, 0.25) is 8.67 Å². The molecule has 0 spiro atoms. The topological polar surface area (TPSA) is 91.7 Å². The van der Waals surface area contributed by atoms with Crippen molar-refractivity contribution < 1.29 is 13.2 Å². The number of thiophene rings is 1. The molecular formula is C15H10Cl2N4O3S3. The van der Waals surface area contributed by atoms with E-state index in [9.17, 15) is 13.2 Å². The van der Waals surface area contributed by atoms with E-state index in [1.54, 1.807) is 28.6 Å². The average Bonchev–Trinajstić information content (AvgIpc) is 3.19. The van der Waals surface area contributed by atoms with Crippen LogP contribution in [0.25, 0.3) is 11.3 Å². The van der Waals surface area contributed by atoms with E-state index in [4.69, 9.17) is 23.2 Å². The van der Waals surface area contributed by atoms with Gasteiger partial charge >= 0.3 is 0 Å². The summed E-state index contributed by atoms with van der Waals surface area (Å²) in [7, 11) is -3.57. The third-order valence-electron chi connectivity index (χ3n) is 3.76. The lowest BCUT2D eigenvalue weighted by molar-refractivity contribution is -0.112. The Balaban J connectivity index is 1.58. The summed E-state index contributed by atoms with van der Waals surface area (Å²) in [5.74, 6) is -0.462. The normalized spacial score (nSPS) is 17.9. The van der Waals surface area contributed by atoms with E-state index in [0.717, 1.165) is 0 Å². The fourth-order valence-electron chi connectivity index (χ4n) is 2.53. The Kier molecular flexibility index (Phi) is 4.85. The van der Waals surface area contributed by atoms with Crippen molar-refractivity contribution in [2.24, 2.45) is 4.40 Å². The lowest BCUT2D eigenvalue weighted by Crippen LogP contribution is -2.40. The number of hydrogen-bond donors (Lipinski definition) is 1. The molecule has 0 bridgehead atoms. The number of fused-ring (bicyclic) bond motifs is 1. The van der Waals surface area contributed by atoms with Gasteiger partial charge in [0.25, 0.3) is 15.9 Å². The number of nitrogens with one attached hydrogen (secondary N) is 1. The molecular weight excluding hydrogens is 451 g/mol. The second-order valence-electron chi connectivity index (χ2n) is 5.55. The Hall–Kier alpha value is -1.72. The maximum Gasteiger partial charge on any atom is 0.261 e. The fourth-order valence-corrected chi connectivity index (χ4v) is 5.70. The zero-order valence-electron chi connectivity index (χ0n) is 13.3. The number of carbonyl (C=O) groups excluding carboxylic acids is 1. The van der Waals surface area contributed by atoms with Gasteiger partial charge in [-0.25, -0.2) is 13.4 Å². The van der Waals surface area contributed by atoms with Gasteiger partial charge in [-0.1, -0.05) is 23.2 Å². The first-order valence-corrected chi connectivity index (χ1v) is 11.6. The zero-order valence-corrected chi connectivity index (χ0v) is 17.3. The minimum Gasteiger partial charge on any atom is -0.331 e. The van der Waals surface area contributed by atoms with Gasteiger partial charge in [-0.15, -0.1) is 27.1 Å². The molecule has 0 fully saturated rings. The summed E-state index contributed by atoms with van der Waals surface area (Å²) in [5, 5.41) is 4.79. The van der Waals surface area contributed by atoms with E-state index in [1.165, 1.54) is 28.7 Å². The summed E-state index contributed by atoms with van der Waals surface area (Å²) < 4.78 is 28.4. The third kappa shape index (κ3) is 3.81. The number of hydrogen-bond acceptors (Lipinski definition) is 7. The molecule has 0 aliphatic carbocycles. The van der Waals surface area contributed by atoms with Gasteiger partial charge in [0.2, 0.25) is 0 Å². The lowest BCUT2D eigenvalue weighted by atomic mass is 10.1. The van der Waals surface area contributed by atoms with Crippen LogP contribution in [0.15, 0.2) is 39.8 Å². The smallest absolute Gasteiger partial charge is 0.261 e. The molecule has 4 rings (SSSR count). The minimum atomic E-state index is -3.57. The molecule has 7 nitrogen and oxygen atoms in total. The first kappa shape index (κ1) is 18.6.